The largest absolute Gasteiger partial charge is 0.379 e. The van der Waals surface area contributed by atoms with Gasteiger partial charge in [0.15, 0.2) is 0 Å². The number of fused-ring (bicyclic) bond motifs is 3. The van der Waals surface area contributed by atoms with Crippen molar-refractivity contribution in [2.75, 3.05) is 38.2 Å². The van der Waals surface area contributed by atoms with Gasteiger partial charge in [-0.15, -0.1) is 0 Å². The lowest BCUT2D eigenvalue weighted by molar-refractivity contribution is 0.0730. The standard InChI is InChI=1S/C14H16N4O4S/c19-14-16-12-2-1-10(9-11(12)13-15-3-4-18(13)14)23(20,21)17-5-7-22-8-6-17/h1-2,9,15H,3-8H2. The van der Waals surface area contributed by atoms with Crippen LogP contribution >= 0.6 is 0 Å². The van der Waals surface area contributed by atoms with Gasteiger partial charge in [0.1, 0.15) is 5.82 Å². The Hall–Kier alpha value is -1.97. The second-order valence-electron chi connectivity index (χ2n) is 5.52. The minimum absolute atomic E-state index is 0.212. The van der Waals surface area contributed by atoms with E-state index in [1.165, 1.54) is 14.9 Å². The highest BCUT2D eigenvalue weighted by Gasteiger charge is 2.27. The van der Waals surface area contributed by atoms with Crippen LogP contribution in [-0.2, 0) is 21.3 Å². The van der Waals surface area contributed by atoms with Crippen LogP contribution in [-0.4, -0.2) is 55.1 Å². The van der Waals surface area contributed by atoms with Crippen LogP contribution in [0.3, 0.4) is 0 Å². The highest BCUT2D eigenvalue weighted by Crippen LogP contribution is 2.27. The van der Waals surface area contributed by atoms with Crippen LogP contribution in [0.4, 0.5) is 5.82 Å². The van der Waals surface area contributed by atoms with Gasteiger partial charge >= 0.3 is 5.69 Å². The van der Waals surface area contributed by atoms with Crippen LogP contribution in [0.5, 0.6) is 0 Å². The fraction of sp³-hybridized carbons (Fsp3) is 0.429. The second kappa shape index (κ2) is 5.29. The van der Waals surface area contributed by atoms with Crippen molar-refractivity contribution in [2.45, 2.75) is 11.4 Å². The monoisotopic (exact) mass is 336 g/mol. The van der Waals surface area contributed by atoms with E-state index in [-0.39, 0.29) is 10.6 Å². The van der Waals surface area contributed by atoms with Crippen molar-refractivity contribution in [1.82, 2.24) is 13.9 Å². The number of rotatable bonds is 2. The molecule has 0 aliphatic carbocycles. The zero-order valence-electron chi connectivity index (χ0n) is 12.4. The molecule has 0 unspecified atom stereocenters. The first-order valence-electron chi connectivity index (χ1n) is 7.44. The van der Waals surface area contributed by atoms with E-state index in [9.17, 15) is 13.2 Å². The summed E-state index contributed by atoms with van der Waals surface area (Å²) in [5.41, 5.74) is 0.179. The number of sulfonamides is 1. The Morgan fingerprint density at radius 3 is 2.74 bits per heavy atom. The summed E-state index contributed by atoms with van der Waals surface area (Å²) in [6.45, 7) is 2.68. The van der Waals surface area contributed by atoms with Crippen molar-refractivity contribution in [1.29, 1.82) is 0 Å². The van der Waals surface area contributed by atoms with E-state index in [0.717, 1.165) is 0 Å². The van der Waals surface area contributed by atoms with Gasteiger partial charge in [-0.3, -0.25) is 4.57 Å². The van der Waals surface area contributed by atoms with Gasteiger partial charge in [-0.05, 0) is 18.2 Å². The van der Waals surface area contributed by atoms with E-state index in [2.05, 4.69) is 10.3 Å². The van der Waals surface area contributed by atoms with E-state index in [0.29, 0.717) is 56.1 Å². The lowest BCUT2D eigenvalue weighted by atomic mass is 10.2. The fourth-order valence-corrected chi connectivity index (χ4v) is 4.42. The Morgan fingerprint density at radius 2 is 1.96 bits per heavy atom. The van der Waals surface area contributed by atoms with Gasteiger partial charge in [0, 0.05) is 31.6 Å². The smallest absolute Gasteiger partial charge is 0.349 e. The highest BCUT2D eigenvalue weighted by atomic mass is 32.2. The predicted molar refractivity (Wildman–Crippen MR) is 84.1 cm³/mol. The number of ether oxygens (including phenoxy) is 1. The van der Waals surface area contributed by atoms with Crippen LogP contribution in [0.1, 0.15) is 0 Å². The maximum absolute atomic E-state index is 12.8. The summed E-state index contributed by atoms with van der Waals surface area (Å²) >= 11 is 0. The Bertz CT molecular complexity index is 932. The van der Waals surface area contributed by atoms with Gasteiger partial charge in [-0.25, -0.2) is 13.2 Å². The van der Waals surface area contributed by atoms with E-state index in [1.54, 1.807) is 12.1 Å². The third-order valence-corrected chi connectivity index (χ3v) is 6.07. The Balaban J connectivity index is 1.86. The van der Waals surface area contributed by atoms with Crippen LogP contribution in [0.25, 0.3) is 10.9 Å². The van der Waals surface area contributed by atoms with Crippen molar-refractivity contribution in [3.8, 4) is 0 Å². The molecule has 2 aliphatic heterocycles. The molecular formula is C14H16N4O4S. The molecule has 9 heteroatoms. The number of anilines is 1. The van der Waals surface area contributed by atoms with Gasteiger partial charge in [-0.2, -0.15) is 9.29 Å². The Kier molecular flexibility index (Phi) is 3.36. The van der Waals surface area contributed by atoms with E-state index in [4.69, 9.17) is 4.74 Å². The summed E-state index contributed by atoms with van der Waals surface area (Å²) < 4.78 is 33.7. The fourth-order valence-electron chi connectivity index (χ4n) is 2.99. The average molecular weight is 336 g/mol. The van der Waals surface area contributed by atoms with E-state index >= 15 is 0 Å². The third-order valence-electron chi connectivity index (χ3n) is 4.18. The molecule has 1 aromatic carbocycles. The van der Waals surface area contributed by atoms with Crippen LogP contribution in [0, 0.1) is 0 Å². The molecule has 0 spiro atoms. The molecule has 1 N–H and O–H groups in total. The molecule has 4 rings (SSSR count). The topological polar surface area (TPSA) is 93.5 Å². The van der Waals surface area contributed by atoms with Crippen molar-refractivity contribution in [3.63, 3.8) is 0 Å². The highest BCUT2D eigenvalue weighted by molar-refractivity contribution is 7.89. The summed E-state index contributed by atoms with van der Waals surface area (Å²) in [7, 11) is -3.57. The van der Waals surface area contributed by atoms with Crippen molar-refractivity contribution < 1.29 is 13.2 Å². The molecular weight excluding hydrogens is 320 g/mol. The van der Waals surface area contributed by atoms with Crippen LogP contribution in [0.2, 0.25) is 0 Å². The molecule has 8 nitrogen and oxygen atoms in total. The van der Waals surface area contributed by atoms with Gasteiger partial charge < -0.3 is 10.1 Å². The predicted octanol–water partition coefficient (Wildman–Crippen LogP) is -0.157. The molecule has 1 fully saturated rings. The van der Waals surface area contributed by atoms with E-state index in [1.807, 2.05) is 0 Å². The van der Waals surface area contributed by atoms with Gasteiger partial charge in [0.25, 0.3) is 0 Å². The first-order chi connectivity index (χ1) is 11.1. The van der Waals surface area contributed by atoms with Crippen LogP contribution < -0.4 is 11.0 Å². The minimum atomic E-state index is -3.57. The SMILES string of the molecule is O=c1nc2ccc(S(=O)(=O)N3CCOCC3)cc2c2n1CCN2. The van der Waals surface area contributed by atoms with Gasteiger partial charge in [-0.1, -0.05) is 0 Å². The number of nitrogens with zero attached hydrogens (tertiary/aromatic N) is 3. The zero-order chi connectivity index (χ0) is 16.0. The average Bonchev–Trinajstić information content (AvgIpc) is 3.06. The second-order valence-corrected chi connectivity index (χ2v) is 7.45. The molecule has 122 valence electrons. The number of morpholine rings is 1. The molecule has 0 amide bonds. The first kappa shape index (κ1) is 14.6. The molecule has 0 radical (unpaired) electrons. The number of benzene rings is 1. The Morgan fingerprint density at radius 1 is 1.17 bits per heavy atom. The normalized spacial score (nSPS) is 18.8. The molecule has 2 aromatic rings. The molecule has 0 atom stereocenters. The van der Waals surface area contributed by atoms with E-state index < -0.39 is 10.0 Å². The summed E-state index contributed by atoms with van der Waals surface area (Å²) in [6, 6.07) is 4.69. The molecule has 1 saturated heterocycles. The number of nitrogens with one attached hydrogen (secondary N) is 1. The number of hydrogen-bond donors (Lipinski definition) is 1. The quantitative estimate of drug-likeness (QED) is 0.819. The van der Waals surface area contributed by atoms with Crippen molar-refractivity contribution >= 4 is 26.7 Å². The third kappa shape index (κ3) is 2.32. The lowest BCUT2D eigenvalue weighted by Gasteiger charge is -2.26. The van der Waals surface area contributed by atoms with Crippen LogP contribution in [0.15, 0.2) is 27.9 Å². The number of aromatic nitrogens is 2. The molecule has 0 bridgehead atoms. The lowest BCUT2D eigenvalue weighted by Crippen LogP contribution is -2.40. The van der Waals surface area contributed by atoms with Gasteiger partial charge in [0.2, 0.25) is 10.0 Å². The molecule has 2 aliphatic rings. The van der Waals surface area contributed by atoms with Crippen molar-refractivity contribution in [3.05, 3.63) is 28.7 Å². The minimum Gasteiger partial charge on any atom is -0.379 e. The molecule has 1 aromatic heterocycles. The molecule has 0 saturated carbocycles. The summed E-state index contributed by atoms with van der Waals surface area (Å²) in [5.74, 6) is 0.638. The summed E-state index contributed by atoms with van der Waals surface area (Å²) in [4.78, 5) is 16.2. The maximum Gasteiger partial charge on any atom is 0.349 e. The zero-order valence-corrected chi connectivity index (χ0v) is 13.2. The van der Waals surface area contributed by atoms with Gasteiger partial charge in [0.05, 0.1) is 23.6 Å². The molecule has 3 heterocycles. The van der Waals surface area contributed by atoms with Crippen molar-refractivity contribution in [2.24, 2.45) is 0 Å². The molecule has 23 heavy (non-hydrogen) atoms. The number of hydrogen-bond acceptors (Lipinski definition) is 6. The summed E-state index contributed by atoms with van der Waals surface area (Å²) in [6.07, 6.45) is 0. The Labute approximate surface area is 132 Å². The summed E-state index contributed by atoms with van der Waals surface area (Å²) in [5, 5.41) is 3.79. The maximum atomic E-state index is 12.8. The first-order valence-corrected chi connectivity index (χ1v) is 8.88.